The molecule has 2 bridgehead atoms. The van der Waals surface area contributed by atoms with Crippen molar-refractivity contribution in [1.82, 2.24) is 4.90 Å². The van der Waals surface area contributed by atoms with E-state index >= 15 is 0 Å². The Morgan fingerprint density at radius 2 is 1.46 bits per heavy atom. The largest absolute Gasteiger partial charge is 0.378 e. The Kier molecular flexibility index (Phi) is 3.68. The van der Waals surface area contributed by atoms with E-state index in [9.17, 15) is 5.11 Å². The van der Waals surface area contributed by atoms with E-state index in [2.05, 4.69) is 84.1 Å². The smallest absolute Gasteiger partial charge is 0.109 e. The van der Waals surface area contributed by atoms with Crippen molar-refractivity contribution in [1.29, 1.82) is 0 Å². The first-order valence-corrected chi connectivity index (χ1v) is 9.75. The molecule has 2 nitrogen and oxygen atoms in total. The number of hydrogen-bond donors (Lipinski definition) is 1. The van der Waals surface area contributed by atoms with Crippen molar-refractivity contribution in [2.24, 2.45) is 0 Å². The zero-order chi connectivity index (χ0) is 17.1. The van der Waals surface area contributed by atoms with Gasteiger partial charge in [0, 0.05) is 4.47 Å². The van der Waals surface area contributed by atoms with Crippen molar-refractivity contribution < 1.29 is 5.11 Å². The summed E-state index contributed by atoms with van der Waals surface area (Å²) in [6.07, 6.45) is 2.18. The molecule has 0 amide bonds. The van der Waals surface area contributed by atoms with Crippen LogP contribution in [0, 0.1) is 0 Å². The molecule has 2 aromatic rings. The third kappa shape index (κ3) is 1.63. The molecule has 2 aromatic carbocycles. The topological polar surface area (TPSA) is 23.5 Å². The minimum absolute atomic E-state index is 0.224. The van der Waals surface area contributed by atoms with E-state index in [1.54, 1.807) is 0 Å². The molecule has 0 spiro atoms. The molecule has 0 fully saturated rings. The molecule has 3 atom stereocenters. The van der Waals surface area contributed by atoms with Crippen LogP contribution in [0.2, 0.25) is 0 Å². The van der Waals surface area contributed by atoms with Crippen molar-refractivity contribution >= 4 is 15.9 Å². The number of fused-ring (bicyclic) bond motifs is 8. The summed E-state index contributed by atoms with van der Waals surface area (Å²) in [7, 11) is 0. The van der Waals surface area contributed by atoms with Crippen LogP contribution in [0.4, 0.5) is 0 Å². The van der Waals surface area contributed by atoms with Crippen molar-refractivity contribution in [2.45, 2.75) is 57.3 Å². The monoisotopic (exact) mass is 385 g/mol. The SMILES string of the molecule is CCC(O)N1C2(CC)c3ccccc3C1(CC)c1cc(Br)ccc12. The van der Waals surface area contributed by atoms with Crippen molar-refractivity contribution in [3.63, 3.8) is 0 Å². The van der Waals surface area contributed by atoms with Crippen LogP contribution in [0.25, 0.3) is 0 Å². The first-order valence-electron chi connectivity index (χ1n) is 8.95. The quantitative estimate of drug-likeness (QED) is 0.789. The lowest BCUT2D eigenvalue weighted by atomic mass is 9.71. The predicted octanol–water partition coefficient (Wildman–Crippen LogP) is 5.11. The van der Waals surface area contributed by atoms with Gasteiger partial charge >= 0.3 is 0 Å². The third-order valence-electron chi connectivity index (χ3n) is 6.20. The summed E-state index contributed by atoms with van der Waals surface area (Å²) in [6, 6.07) is 15.4. The highest BCUT2D eigenvalue weighted by Gasteiger charge is 2.66. The van der Waals surface area contributed by atoms with Crippen LogP contribution in [0.15, 0.2) is 46.9 Å². The normalized spacial score (nSPS) is 28.7. The number of hydrogen-bond acceptors (Lipinski definition) is 2. The number of benzene rings is 2. The Morgan fingerprint density at radius 3 is 2.00 bits per heavy atom. The summed E-state index contributed by atoms with van der Waals surface area (Å²) in [5.41, 5.74) is 5.00. The zero-order valence-electron chi connectivity index (χ0n) is 14.5. The maximum absolute atomic E-state index is 11.1. The summed E-state index contributed by atoms with van der Waals surface area (Å²) in [5, 5.41) is 11.1. The molecule has 3 heteroatoms. The Labute approximate surface area is 152 Å². The molecule has 0 radical (unpaired) electrons. The van der Waals surface area contributed by atoms with Gasteiger partial charge in [0.05, 0.1) is 11.1 Å². The summed E-state index contributed by atoms with van der Waals surface area (Å²) < 4.78 is 1.11. The number of rotatable bonds is 4. The molecule has 1 N–H and O–H groups in total. The standard InChI is InChI=1S/C21H24BrNO/c1-4-19(24)23-20(5-2)15-9-7-8-10-16(15)21(23,6-3)18-13-14(22)11-12-17(18)20/h7-13,19,24H,4-6H2,1-3H3. The second-order valence-electron chi connectivity index (χ2n) is 6.92. The predicted molar refractivity (Wildman–Crippen MR) is 101 cm³/mol. The molecule has 3 unspecified atom stereocenters. The van der Waals surface area contributed by atoms with Gasteiger partial charge in [-0.2, -0.15) is 0 Å². The van der Waals surface area contributed by atoms with E-state index < -0.39 is 6.23 Å². The maximum Gasteiger partial charge on any atom is 0.109 e. The van der Waals surface area contributed by atoms with Gasteiger partial charge in [-0.15, -0.1) is 0 Å². The molecule has 0 aliphatic carbocycles. The van der Waals surface area contributed by atoms with E-state index in [1.807, 2.05) is 0 Å². The first-order chi connectivity index (χ1) is 11.6. The summed E-state index contributed by atoms with van der Waals surface area (Å²) >= 11 is 3.66. The van der Waals surface area contributed by atoms with Gasteiger partial charge in [-0.3, -0.25) is 4.90 Å². The average molecular weight is 386 g/mol. The second kappa shape index (κ2) is 5.42. The van der Waals surface area contributed by atoms with Gasteiger partial charge in [0.15, 0.2) is 0 Å². The summed E-state index contributed by atoms with van der Waals surface area (Å²) in [4.78, 5) is 2.40. The van der Waals surface area contributed by atoms with Crippen LogP contribution >= 0.6 is 15.9 Å². The number of aliphatic hydroxyl groups excluding tert-OH is 1. The highest BCUT2D eigenvalue weighted by atomic mass is 79.9. The molecule has 2 heterocycles. The molecule has 126 valence electrons. The van der Waals surface area contributed by atoms with Gasteiger partial charge in [-0.25, -0.2) is 0 Å². The van der Waals surface area contributed by atoms with Crippen LogP contribution in [-0.2, 0) is 11.1 Å². The first kappa shape index (κ1) is 16.3. The second-order valence-corrected chi connectivity index (χ2v) is 7.84. The van der Waals surface area contributed by atoms with Crippen LogP contribution in [-0.4, -0.2) is 16.2 Å². The fraction of sp³-hybridized carbons (Fsp3) is 0.429. The molecule has 2 aliphatic heterocycles. The zero-order valence-corrected chi connectivity index (χ0v) is 16.1. The molecule has 0 aromatic heterocycles. The molecule has 0 saturated carbocycles. The van der Waals surface area contributed by atoms with Gasteiger partial charge in [0.2, 0.25) is 0 Å². The van der Waals surface area contributed by atoms with E-state index in [-0.39, 0.29) is 11.1 Å². The van der Waals surface area contributed by atoms with E-state index in [0.29, 0.717) is 0 Å². The van der Waals surface area contributed by atoms with Gasteiger partial charge in [0.25, 0.3) is 0 Å². The molecular formula is C21H24BrNO. The highest BCUT2D eigenvalue weighted by Crippen LogP contribution is 2.66. The molecule has 0 saturated heterocycles. The maximum atomic E-state index is 11.1. The number of halogens is 1. The van der Waals surface area contributed by atoms with Gasteiger partial charge in [0.1, 0.15) is 6.23 Å². The summed E-state index contributed by atoms with van der Waals surface area (Å²) in [5.74, 6) is 0. The van der Waals surface area contributed by atoms with Crippen LogP contribution in [0.3, 0.4) is 0 Å². The fourth-order valence-corrected chi connectivity index (χ4v) is 5.71. The van der Waals surface area contributed by atoms with Gasteiger partial charge in [-0.05, 0) is 53.6 Å². The molecule has 2 aliphatic rings. The van der Waals surface area contributed by atoms with Gasteiger partial charge < -0.3 is 5.11 Å². The number of nitrogens with zero attached hydrogens (tertiary/aromatic N) is 1. The van der Waals surface area contributed by atoms with Crippen LogP contribution < -0.4 is 0 Å². The lowest BCUT2D eigenvalue weighted by Crippen LogP contribution is -2.51. The Bertz CT molecular complexity index is 804. The minimum Gasteiger partial charge on any atom is -0.378 e. The van der Waals surface area contributed by atoms with Crippen molar-refractivity contribution in [3.8, 4) is 0 Å². The molecule has 24 heavy (non-hydrogen) atoms. The minimum atomic E-state index is -0.455. The van der Waals surface area contributed by atoms with Crippen LogP contribution in [0.5, 0.6) is 0 Å². The van der Waals surface area contributed by atoms with E-state index in [0.717, 1.165) is 23.7 Å². The van der Waals surface area contributed by atoms with Crippen molar-refractivity contribution in [3.05, 3.63) is 69.2 Å². The average Bonchev–Trinajstić information content (AvgIpc) is 3.03. The van der Waals surface area contributed by atoms with Crippen molar-refractivity contribution in [2.75, 3.05) is 0 Å². The third-order valence-corrected chi connectivity index (χ3v) is 6.69. The summed E-state index contributed by atoms with van der Waals surface area (Å²) in [6.45, 7) is 6.56. The molecular weight excluding hydrogens is 362 g/mol. The lowest BCUT2D eigenvalue weighted by Gasteiger charge is -2.42. The lowest BCUT2D eigenvalue weighted by molar-refractivity contribution is -0.0907. The van der Waals surface area contributed by atoms with Gasteiger partial charge in [-0.1, -0.05) is 67.0 Å². The van der Waals surface area contributed by atoms with E-state index in [1.165, 1.54) is 22.3 Å². The Hall–Kier alpha value is -1.16. The van der Waals surface area contributed by atoms with Crippen LogP contribution in [0.1, 0.15) is 62.3 Å². The van der Waals surface area contributed by atoms with E-state index in [4.69, 9.17) is 0 Å². The Morgan fingerprint density at radius 1 is 0.917 bits per heavy atom. The number of aliphatic hydroxyl groups is 1. The molecule has 4 rings (SSSR count). The highest BCUT2D eigenvalue weighted by molar-refractivity contribution is 9.10. The Balaban J connectivity index is 2.14. The fourth-order valence-electron chi connectivity index (χ4n) is 5.35.